The van der Waals surface area contributed by atoms with Crippen molar-refractivity contribution in [1.29, 1.82) is 0 Å². The number of hydrogen-bond donors (Lipinski definition) is 0. The van der Waals surface area contributed by atoms with Gasteiger partial charge in [-0.05, 0) is 42.9 Å². The van der Waals surface area contributed by atoms with Gasteiger partial charge in [-0.15, -0.1) is 0 Å². The molecule has 0 radical (unpaired) electrons. The largest absolute Gasteiger partial charge is 0.422 e. The summed E-state index contributed by atoms with van der Waals surface area (Å²) in [6.45, 7) is 5.03. The fraction of sp³-hybridized carbons (Fsp3) is 0.471. The lowest BCUT2D eigenvalue weighted by atomic mass is 10.0. The Hall–Kier alpha value is -1.66. The van der Waals surface area contributed by atoms with Gasteiger partial charge in [-0.2, -0.15) is 4.31 Å². The third kappa shape index (κ3) is 3.05. The quantitative estimate of drug-likeness (QED) is 0.809. The molecule has 2 aromatic rings. The highest BCUT2D eigenvalue weighted by molar-refractivity contribution is 7.89. The minimum atomic E-state index is -3.80. The fourth-order valence-electron chi connectivity index (χ4n) is 2.90. The summed E-state index contributed by atoms with van der Waals surface area (Å²) in [6, 6.07) is 6.94. The van der Waals surface area contributed by atoms with Gasteiger partial charge in [-0.25, -0.2) is 13.2 Å². The van der Waals surface area contributed by atoms with Gasteiger partial charge in [-0.1, -0.05) is 26.0 Å². The summed E-state index contributed by atoms with van der Waals surface area (Å²) in [5.41, 5.74) is 0.686. The lowest BCUT2D eigenvalue weighted by Gasteiger charge is -2.29. The van der Waals surface area contributed by atoms with E-state index in [2.05, 4.69) is 6.92 Å². The molecule has 0 unspecified atom stereocenters. The smallest absolute Gasteiger partial charge is 0.356 e. The van der Waals surface area contributed by atoms with Gasteiger partial charge in [-0.3, -0.25) is 0 Å². The SMILES string of the molecule is CCc1ccc2cc(S(=O)(=O)N3CCC(C)CC3)c(=O)oc2c1. The fourth-order valence-corrected chi connectivity index (χ4v) is 4.40. The Labute approximate surface area is 136 Å². The summed E-state index contributed by atoms with van der Waals surface area (Å²) in [6.07, 6.45) is 2.46. The number of benzene rings is 1. The van der Waals surface area contributed by atoms with Crippen molar-refractivity contribution in [2.45, 2.75) is 38.0 Å². The average molecular weight is 335 g/mol. The molecule has 5 nitrogen and oxygen atoms in total. The van der Waals surface area contributed by atoms with Crippen LogP contribution in [0.5, 0.6) is 0 Å². The molecule has 1 aliphatic rings. The van der Waals surface area contributed by atoms with Crippen molar-refractivity contribution in [2.24, 2.45) is 5.92 Å². The molecule has 3 rings (SSSR count). The maximum absolute atomic E-state index is 12.7. The van der Waals surface area contributed by atoms with Crippen LogP contribution >= 0.6 is 0 Å². The summed E-state index contributed by atoms with van der Waals surface area (Å²) < 4.78 is 32.2. The van der Waals surface area contributed by atoms with Gasteiger partial charge in [0.15, 0.2) is 4.90 Å². The first-order valence-electron chi connectivity index (χ1n) is 7.98. The van der Waals surface area contributed by atoms with Crippen molar-refractivity contribution >= 4 is 21.0 Å². The standard InChI is InChI=1S/C17H21NO4S/c1-3-13-4-5-14-11-16(17(19)22-15(14)10-13)23(20,21)18-8-6-12(2)7-9-18/h4-5,10-12H,3,6-9H2,1-2H3. The highest BCUT2D eigenvalue weighted by atomic mass is 32.2. The van der Waals surface area contributed by atoms with E-state index in [1.165, 1.54) is 10.4 Å². The molecule has 1 aromatic heterocycles. The number of sulfonamides is 1. The van der Waals surface area contributed by atoms with Gasteiger partial charge in [0.1, 0.15) is 5.58 Å². The molecule has 2 heterocycles. The normalized spacial score (nSPS) is 17.7. The van der Waals surface area contributed by atoms with Gasteiger partial charge >= 0.3 is 5.63 Å². The van der Waals surface area contributed by atoms with Gasteiger partial charge in [0.2, 0.25) is 10.0 Å². The third-order valence-electron chi connectivity index (χ3n) is 4.54. The van der Waals surface area contributed by atoms with Crippen molar-refractivity contribution in [3.63, 3.8) is 0 Å². The van der Waals surface area contributed by atoms with Crippen LogP contribution in [-0.2, 0) is 16.4 Å². The van der Waals surface area contributed by atoms with E-state index in [1.807, 2.05) is 13.0 Å². The molecule has 0 spiro atoms. The van der Waals surface area contributed by atoms with E-state index in [0.29, 0.717) is 30.0 Å². The van der Waals surface area contributed by atoms with Crippen molar-refractivity contribution in [3.8, 4) is 0 Å². The monoisotopic (exact) mass is 335 g/mol. The predicted molar refractivity (Wildman–Crippen MR) is 89.0 cm³/mol. The summed E-state index contributed by atoms with van der Waals surface area (Å²) in [5.74, 6) is 0.516. The van der Waals surface area contributed by atoms with E-state index in [4.69, 9.17) is 4.42 Å². The Balaban J connectivity index is 2.05. The number of nitrogens with zero attached hydrogens (tertiary/aromatic N) is 1. The Morgan fingerprint density at radius 3 is 2.57 bits per heavy atom. The molecule has 1 aliphatic heterocycles. The summed E-state index contributed by atoms with van der Waals surface area (Å²) >= 11 is 0. The Bertz CT molecular complexity index is 877. The third-order valence-corrected chi connectivity index (χ3v) is 6.42. The summed E-state index contributed by atoms with van der Waals surface area (Å²) in [7, 11) is -3.80. The molecule has 0 saturated carbocycles. The Morgan fingerprint density at radius 2 is 1.91 bits per heavy atom. The second-order valence-electron chi connectivity index (χ2n) is 6.21. The van der Waals surface area contributed by atoms with Crippen LogP contribution < -0.4 is 5.63 Å². The van der Waals surface area contributed by atoms with Crippen LogP contribution in [0, 0.1) is 5.92 Å². The lowest BCUT2D eigenvalue weighted by Crippen LogP contribution is -2.39. The van der Waals surface area contributed by atoms with Crippen molar-refractivity contribution in [2.75, 3.05) is 13.1 Å². The van der Waals surface area contributed by atoms with Crippen molar-refractivity contribution in [1.82, 2.24) is 4.31 Å². The Kier molecular flexibility index (Phi) is 4.29. The van der Waals surface area contributed by atoms with Crippen LogP contribution in [0.3, 0.4) is 0 Å². The first-order valence-corrected chi connectivity index (χ1v) is 9.42. The number of aryl methyl sites for hydroxylation is 1. The first kappa shape index (κ1) is 16.2. The zero-order valence-electron chi connectivity index (χ0n) is 13.4. The second-order valence-corrected chi connectivity index (χ2v) is 8.12. The number of fused-ring (bicyclic) bond motifs is 1. The second kappa shape index (κ2) is 6.09. The van der Waals surface area contributed by atoms with E-state index in [1.54, 1.807) is 12.1 Å². The summed E-state index contributed by atoms with van der Waals surface area (Å²) in [4.78, 5) is 12.0. The summed E-state index contributed by atoms with van der Waals surface area (Å²) in [5, 5.41) is 0.630. The average Bonchev–Trinajstić information content (AvgIpc) is 2.53. The molecule has 0 amide bonds. The topological polar surface area (TPSA) is 67.6 Å². The maximum atomic E-state index is 12.7. The van der Waals surface area contributed by atoms with Gasteiger partial charge in [0.05, 0.1) is 0 Å². The molecule has 0 N–H and O–H groups in total. The molecular weight excluding hydrogens is 314 g/mol. The van der Waals surface area contributed by atoms with Crippen LogP contribution in [0.2, 0.25) is 0 Å². The molecule has 1 fully saturated rings. The van der Waals surface area contributed by atoms with Crippen LogP contribution in [-0.4, -0.2) is 25.8 Å². The molecule has 0 atom stereocenters. The molecule has 23 heavy (non-hydrogen) atoms. The maximum Gasteiger partial charge on any atom is 0.356 e. The van der Waals surface area contributed by atoms with Crippen LogP contribution in [0.25, 0.3) is 11.0 Å². The van der Waals surface area contributed by atoms with Gasteiger partial charge < -0.3 is 4.42 Å². The van der Waals surface area contributed by atoms with Gasteiger partial charge in [0, 0.05) is 18.5 Å². The van der Waals surface area contributed by atoms with Crippen molar-refractivity contribution < 1.29 is 12.8 Å². The Morgan fingerprint density at radius 1 is 1.22 bits per heavy atom. The molecule has 0 aliphatic carbocycles. The molecule has 6 heteroatoms. The molecule has 124 valence electrons. The van der Waals surface area contributed by atoms with Crippen LogP contribution in [0.15, 0.2) is 38.4 Å². The molecule has 1 saturated heterocycles. The van der Waals surface area contributed by atoms with E-state index in [0.717, 1.165) is 24.8 Å². The van der Waals surface area contributed by atoms with Crippen LogP contribution in [0.1, 0.15) is 32.3 Å². The minimum absolute atomic E-state index is 0.260. The van der Waals surface area contributed by atoms with E-state index in [-0.39, 0.29) is 4.90 Å². The highest BCUT2D eigenvalue weighted by Crippen LogP contribution is 2.24. The molecule has 1 aromatic carbocycles. The number of hydrogen-bond acceptors (Lipinski definition) is 4. The van der Waals surface area contributed by atoms with E-state index in [9.17, 15) is 13.2 Å². The lowest BCUT2D eigenvalue weighted by molar-refractivity contribution is 0.287. The van der Waals surface area contributed by atoms with Gasteiger partial charge in [0.25, 0.3) is 0 Å². The number of piperidine rings is 1. The first-order chi connectivity index (χ1) is 10.9. The zero-order chi connectivity index (χ0) is 16.6. The van der Waals surface area contributed by atoms with E-state index < -0.39 is 15.6 Å². The highest BCUT2D eigenvalue weighted by Gasteiger charge is 2.31. The zero-order valence-corrected chi connectivity index (χ0v) is 14.2. The predicted octanol–water partition coefficient (Wildman–Crippen LogP) is 2.78. The molecular formula is C17H21NO4S. The molecule has 0 bridgehead atoms. The number of rotatable bonds is 3. The minimum Gasteiger partial charge on any atom is -0.422 e. The van der Waals surface area contributed by atoms with Crippen LogP contribution in [0.4, 0.5) is 0 Å². The van der Waals surface area contributed by atoms with E-state index >= 15 is 0 Å². The van der Waals surface area contributed by atoms with Crippen molar-refractivity contribution in [3.05, 3.63) is 40.2 Å².